The molecule has 0 amide bonds. The molecule has 6 heteroatoms. The molecule has 0 atom stereocenters. The van der Waals surface area contributed by atoms with Crippen molar-refractivity contribution in [2.75, 3.05) is 0 Å². The Morgan fingerprint density at radius 1 is 0.562 bits per heavy atom. The Labute approximate surface area is 386 Å². The number of imidazole rings is 1. The van der Waals surface area contributed by atoms with Crippen LogP contribution in [0.2, 0.25) is 0 Å². The van der Waals surface area contributed by atoms with Crippen molar-refractivity contribution in [3.63, 3.8) is 0 Å². The molecule has 312 valence electrons. The SMILES string of the molecule is CC(C)(C)c1ccc(-n2c(-c3c(O)ccc4c3oc3ccccc34)nc3c(-c4[c-]c(-c5cc(-c6ccccc6)ccn5)cc(-c5ccccc5)c4)cccc32)c(-c2ccccc2)c1.[Pt]. The number of furan rings is 1. The largest absolute Gasteiger partial charge is 0.507 e. The predicted octanol–water partition coefficient (Wildman–Crippen LogP) is 15.1. The second kappa shape index (κ2) is 16.4. The maximum absolute atomic E-state index is 12.0. The molecule has 64 heavy (non-hydrogen) atoms. The number of fused-ring (bicyclic) bond motifs is 4. The Kier molecular flexibility index (Phi) is 10.4. The summed E-state index contributed by atoms with van der Waals surface area (Å²) >= 11 is 0. The summed E-state index contributed by atoms with van der Waals surface area (Å²) in [6.07, 6.45) is 1.87. The van der Waals surface area contributed by atoms with Crippen LogP contribution in [0.1, 0.15) is 26.3 Å². The fourth-order valence-electron chi connectivity index (χ4n) is 8.81. The first-order valence-corrected chi connectivity index (χ1v) is 21.3. The summed E-state index contributed by atoms with van der Waals surface area (Å²) in [5.74, 6) is 0.647. The molecule has 0 radical (unpaired) electrons. The summed E-state index contributed by atoms with van der Waals surface area (Å²) in [5.41, 5.74) is 15.4. The van der Waals surface area contributed by atoms with Crippen LogP contribution in [0.15, 0.2) is 199 Å². The number of pyridine rings is 1. The molecule has 0 saturated carbocycles. The number of hydrogen-bond donors (Lipinski definition) is 1. The van der Waals surface area contributed by atoms with E-state index in [-0.39, 0.29) is 32.2 Å². The molecule has 1 N–H and O–H groups in total. The monoisotopic (exact) mass is 1010 g/mol. The van der Waals surface area contributed by atoms with E-state index in [9.17, 15) is 5.11 Å². The molecule has 5 nitrogen and oxygen atoms in total. The van der Waals surface area contributed by atoms with Crippen LogP contribution in [0.5, 0.6) is 5.75 Å². The molecule has 0 aliphatic carbocycles. The maximum atomic E-state index is 12.0. The van der Waals surface area contributed by atoms with Gasteiger partial charge >= 0.3 is 0 Å². The van der Waals surface area contributed by atoms with Gasteiger partial charge in [-0.2, -0.15) is 0 Å². The van der Waals surface area contributed by atoms with Gasteiger partial charge in [0.15, 0.2) is 5.82 Å². The van der Waals surface area contributed by atoms with Gasteiger partial charge in [-0.15, -0.1) is 23.8 Å². The molecule has 11 rings (SSSR count). The molecule has 11 aromatic rings. The summed E-state index contributed by atoms with van der Waals surface area (Å²) < 4.78 is 8.84. The molecule has 0 aliphatic rings. The van der Waals surface area contributed by atoms with Crippen LogP contribution in [0, 0.1) is 6.07 Å². The Balaban J connectivity index is 0.00000484. The molecule has 0 aliphatic heterocycles. The number of aromatic hydroxyl groups is 1. The number of phenols is 1. The number of phenolic OH excluding ortho intramolecular Hbond substituents is 1. The molecule has 0 spiro atoms. The summed E-state index contributed by atoms with van der Waals surface area (Å²) in [4.78, 5) is 10.5. The van der Waals surface area contributed by atoms with E-state index in [1.165, 1.54) is 5.56 Å². The third kappa shape index (κ3) is 7.22. The number of hydrogen-bond acceptors (Lipinski definition) is 4. The zero-order valence-corrected chi connectivity index (χ0v) is 37.8. The molecule has 3 heterocycles. The number of rotatable bonds is 7. The van der Waals surface area contributed by atoms with Crippen LogP contribution in [0.4, 0.5) is 0 Å². The van der Waals surface area contributed by atoms with E-state index in [1.54, 1.807) is 6.07 Å². The minimum Gasteiger partial charge on any atom is -0.507 e. The van der Waals surface area contributed by atoms with E-state index >= 15 is 0 Å². The second-order valence-electron chi connectivity index (χ2n) is 17.1. The van der Waals surface area contributed by atoms with Crippen LogP contribution < -0.4 is 0 Å². The standard InChI is InChI=1S/C58H42N3O2.Pt/c1-58(2,3)44-26-28-50(48(36-44)39-20-11-6-12-21-39)61-51-24-15-23-45(55(51)60-57(61)54-52(62)29-27-47-46-22-13-14-25-53(46)63-56(47)54)42-32-41(38-18-9-5-10-19-38)33-43(34-42)49-35-40(30-31-59-49)37-16-7-4-8-17-37;/h4-33,35-36,62H,1-3H3;/q-1;. The van der Waals surface area contributed by atoms with Gasteiger partial charge in [0.1, 0.15) is 22.5 Å². The van der Waals surface area contributed by atoms with Crippen molar-refractivity contribution in [3.05, 3.63) is 206 Å². The average molecular weight is 1010 g/mol. The number of para-hydroxylation sites is 2. The van der Waals surface area contributed by atoms with Gasteiger partial charge in [0.2, 0.25) is 0 Å². The van der Waals surface area contributed by atoms with Gasteiger partial charge in [-0.1, -0.05) is 171 Å². The van der Waals surface area contributed by atoms with E-state index in [0.29, 0.717) is 17.0 Å². The molecule has 0 fully saturated rings. The van der Waals surface area contributed by atoms with E-state index in [2.05, 4.69) is 165 Å². The number of benzene rings is 8. The molecular weight excluding hydrogens is 966 g/mol. The van der Waals surface area contributed by atoms with Gasteiger partial charge in [0.25, 0.3) is 0 Å². The van der Waals surface area contributed by atoms with Crippen LogP contribution in [-0.2, 0) is 26.5 Å². The first kappa shape index (κ1) is 40.7. The summed E-state index contributed by atoms with van der Waals surface area (Å²) in [6.45, 7) is 6.72. The topological polar surface area (TPSA) is 64.1 Å². The predicted molar refractivity (Wildman–Crippen MR) is 258 cm³/mol. The van der Waals surface area contributed by atoms with Crippen molar-refractivity contribution >= 4 is 33.0 Å². The Bertz CT molecular complexity index is 3500. The van der Waals surface area contributed by atoms with Gasteiger partial charge in [-0.25, -0.2) is 4.98 Å². The first-order valence-electron chi connectivity index (χ1n) is 21.3. The fraction of sp³-hybridized carbons (Fsp3) is 0.0690. The normalized spacial score (nSPS) is 11.6. The number of nitrogens with zero attached hydrogens (tertiary/aromatic N) is 3. The van der Waals surface area contributed by atoms with Crippen LogP contribution in [0.3, 0.4) is 0 Å². The fourth-order valence-corrected chi connectivity index (χ4v) is 8.81. The third-order valence-corrected chi connectivity index (χ3v) is 12.0. The minimum absolute atomic E-state index is 0. The van der Waals surface area contributed by atoms with Gasteiger partial charge in [-0.05, 0) is 75.7 Å². The number of aromatic nitrogens is 3. The Morgan fingerprint density at radius 3 is 1.97 bits per heavy atom. The van der Waals surface area contributed by atoms with E-state index in [4.69, 9.17) is 14.4 Å². The zero-order valence-electron chi connectivity index (χ0n) is 35.5. The van der Waals surface area contributed by atoms with Gasteiger partial charge < -0.3 is 9.52 Å². The van der Waals surface area contributed by atoms with E-state index in [1.807, 2.05) is 54.7 Å². The van der Waals surface area contributed by atoms with E-state index < -0.39 is 0 Å². The zero-order chi connectivity index (χ0) is 42.7. The Hall–Kier alpha value is -7.33. The summed E-state index contributed by atoms with van der Waals surface area (Å²) in [6, 6.07) is 68.4. The van der Waals surface area contributed by atoms with Crippen LogP contribution in [-0.4, -0.2) is 19.6 Å². The maximum Gasteiger partial charge on any atom is 0.152 e. The smallest absolute Gasteiger partial charge is 0.152 e. The Morgan fingerprint density at radius 2 is 1.23 bits per heavy atom. The van der Waals surface area contributed by atoms with Crippen molar-refractivity contribution in [2.24, 2.45) is 0 Å². The van der Waals surface area contributed by atoms with Gasteiger partial charge in [0.05, 0.1) is 16.7 Å². The van der Waals surface area contributed by atoms with Crippen LogP contribution in [0.25, 0.3) is 106 Å². The van der Waals surface area contributed by atoms with Crippen LogP contribution >= 0.6 is 0 Å². The van der Waals surface area contributed by atoms with E-state index in [0.717, 1.165) is 88.8 Å². The van der Waals surface area contributed by atoms with Gasteiger partial charge in [0, 0.05) is 49.3 Å². The van der Waals surface area contributed by atoms with Crippen molar-refractivity contribution < 1.29 is 30.6 Å². The summed E-state index contributed by atoms with van der Waals surface area (Å²) in [7, 11) is 0. The average Bonchev–Trinajstić information content (AvgIpc) is 3.90. The van der Waals surface area contributed by atoms with Gasteiger partial charge in [-0.3, -0.25) is 9.55 Å². The van der Waals surface area contributed by atoms with Crippen molar-refractivity contribution in [1.82, 2.24) is 14.5 Å². The molecular formula is C58H42N3O2Pt-. The molecule has 0 bridgehead atoms. The molecule has 8 aromatic carbocycles. The van der Waals surface area contributed by atoms with Crippen molar-refractivity contribution in [2.45, 2.75) is 26.2 Å². The third-order valence-electron chi connectivity index (χ3n) is 12.0. The first-order chi connectivity index (χ1) is 30.8. The molecule has 0 unspecified atom stereocenters. The summed E-state index contributed by atoms with van der Waals surface area (Å²) in [5, 5.41) is 13.9. The second-order valence-corrected chi connectivity index (χ2v) is 17.1. The molecule has 0 saturated heterocycles. The minimum atomic E-state index is -0.0972. The van der Waals surface area contributed by atoms with Crippen molar-refractivity contribution in [1.29, 1.82) is 0 Å². The molecule has 3 aromatic heterocycles. The quantitative estimate of drug-likeness (QED) is 0.162. The van der Waals surface area contributed by atoms with Crippen molar-refractivity contribution in [3.8, 4) is 78.6 Å².